The number of hydrogen-bond acceptors (Lipinski definition) is 3. The Morgan fingerprint density at radius 1 is 1.07 bits per heavy atom. The summed E-state index contributed by atoms with van der Waals surface area (Å²) in [5.74, 6) is 0.0847. The fourth-order valence-electron chi connectivity index (χ4n) is 2.93. The number of imidazole rings is 1. The first kappa shape index (κ1) is 19.6. The van der Waals surface area contributed by atoms with E-state index in [1.165, 1.54) is 0 Å². The lowest BCUT2D eigenvalue weighted by molar-refractivity contribution is 0.0941. The van der Waals surface area contributed by atoms with Crippen LogP contribution in [0.25, 0.3) is 5.52 Å². The van der Waals surface area contributed by atoms with Gasteiger partial charge in [-0.05, 0) is 61.6 Å². The number of aromatic nitrogens is 2. The van der Waals surface area contributed by atoms with Crippen molar-refractivity contribution in [2.45, 2.75) is 34.1 Å². The maximum atomic E-state index is 12.8. The molecule has 0 spiro atoms. The predicted molar refractivity (Wildman–Crippen MR) is 111 cm³/mol. The van der Waals surface area contributed by atoms with Crippen LogP contribution >= 0.6 is 0 Å². The topological polar surface area (TPSA) is 75.5 Å². The zero-order valence-electron chi connectivity index (χ0n) is 16.7. The van der Waals surface area contributed by atoms with Crippen LogP contribution in [0.1, 0.15) is 52.5 Å². The summed E-state index contributed by atoms with van der Waals surface area (Å²) in [7, 11) is 0. The Kier molecular flexibility index (Phi) is 5.78. The van der Waals surface area contributed by atoms with Crippen molar-refractivity contribution in [3.63, 3.8) is 0 Å². The van der Waals surface area contributed by atoms with Crippen LogP contribution in [0.2, 0.25) is 0 Å². The van der Waals surface area contributed by atoms with E-state index in [1.54, 1.807) is 16.7 Å². The summed E-state index contributed by atoms with van der Waals surface area (Å²) in [6, 6.07) is 11.2. The fraction of sp³-hybridized carbons (Fsp3) is 0.318. The third-order valence-electron chi connectivity index (χ3n) is 4.74. The summed E-state index contributed by atoms with van der Waals surface area (Å²) < 4.78 is 1.65. The molecule has 0 aliphatic heterocycles. The summed E-state index contributed by atoms with van der Waals surface area (Å²) in [5.41, 5.74) is 3.78. The van der Waals surface area contributed by atoms with Gasteiger partial charge in [-0.15, -0.1) is 0 Å². The minimum Gasteiger partial charge on any atom is -0.349 e. The Morgan fingerprint density at radius 3 is 2.57 bits per heavy atom. The molecule has 2 N–H and O–H groups in total. The van der Waals surface area contributed by atoms with E-state index in [-0.39, 0.29) is 23.3 Å². The van der Waals surface area contributed by atoms with Crippen LogP contribution in [0.5, 0.6) is 0 Å². The van der Waals surface area contributed by atoms with Gasteiger partial charge in [0.1, 0.15) is 0 Å². The van der Waals surface area contributed by atoms with Gasteiger partial charge in [0.25, 0.3) is 11.8 Å². The van der Waals surface area contributed by atoms with E-state index in [0.29, 0.717) is 23.7 Å². The number of nitrogens with zero attached hydrogens (tertiary/aromatic N) is 2. The molecule has 3 aromatic rings. The number of carbonyl (C=O) groups is 2. The quantitative estimate of drug-likeness (QED) is 0.681. The van der Waals surface area contributed by atoms with E-state index in [4.69, 9.17) is 0 Å². The molecule has 0 radical (unpaired) electrons. The highest BCUT2D eigenvalue weighted by molar-refractivity contribution is 6.09. The Bertz CT molecular complexity index is 1020. The molecule has 2 aromatic heterocycles. The number of carbonyl (C=O) groups excluding carboxylic acids is 2. The van der Waals surface area contributed by atoms with Gasteiger partial charge in [0, 0.05) is 18.4 Å². The normalized spacial score (nSPS) is 11.0. The van der Waals surface area contributed by atoms with Gasteiger partial charge in [-0.25, -0.2) is 4.98 Å². The predicted octanol–water partition coefficient (Wildman–Crippen LogP) is 3.98. The lowest BCUT2D eigenvalue weighted by Crippen LogP contribution is -2.27. The molecule has 0 aliphatic carbocycles. The largest absolute Gasteiger partial charge is 0.349 e. The molecule has 0 saturated carbocycles. The van der Waals surface area contributed by atoms with Crippen LogP contribution in [-0.4, -0.2) is 27.7 Å². The van der Waals surface area contributed by atoms with Crippen LogP contribution in [0.15, 0.2) is 42.6 Å². The second-order valence-electron chi connectivity index (χ2n) is 7.43. The van der Waals surface area contributed by atoms with Crippen molar-refractivity contribution in [3.8, 4) is 0 Å². The monoisotopic (exact) mass is 378 g/mol. The number of benzene rings is 1. The van der Waals surface area contributed by atoms with E-state index in [0.717, 1.165) is 17.5 Å². The van der Waals surface area contributed by atoms with Crippen LogP contribution in [0.3, 0.4) is 0 Å². The SMILES string of the molecule is Cc1ccc(NC(=O)c2nc(C(=O)NCCC(C)C)n3ccccc23)cc1C. The Balaban J connectivity index is 1.87. The van der Waals surface area contributed by atoms with Crippen molar-refractivity contribution in [2.75, 3.05) is 11.9 Å². The van der Waals surface area contributed by atoms with Gasteiger partial charge >= 0.3 is 0 Å². The molecule has 0 bridgehead atoms. The van der Waals surface area contributed by atoms with Crippen molar-refractivity contribution in [1.82, 2.24) is 14.7 Å². The lowest BCUT2D eigenvalue weighted by atomic mass is 10.1. The molecule has 0 aliphatic rings. The molecule has 3 rings (SSSR count). The van der Waals surface area contributed by atoms with Gasteiger partial charge in [0.05, 0.1) is 5.52 Å². The third-order valence-corrected chi connectivity index (χ3v) is 4.74. The molecule has 28 heavy (non-hydrogen) atoms. The minimum absolute atomic E-state index is 0.213. The van der Waals surface area contributed by atoms with E-state index in [9.17, 15) is 9.59 Å². The van der Waals surface area contributed by atoms with E-state index in [1.807, 2.05) is 44.2 Å². The number of amides is 2. The molecule has 6 nitrogen and oxygen atoms in total. The summed E-state index contributed by atoms with van der Waals surface area (Å²) in [6.07, 6.45) is 2.63. The molecule has 0 fully saturated rings. The van der Waals surface area contributed by atoms with Crippen molar-refractivity contribution in [2.24, 2.45) is 5.92 Å². The van der Waals surface area contributed by atoms with Crippen LogP contribution in [-0.2, 0) is 0 Å². The average molecular weight is 378 g/mol. The summed E-state index contributed by atoms with van der Waals surface area (Å²) >= 11 is 0. The summed E-state index contributed by atoms with van der Waals surface area (Å²) in [6.45, 7) is 8.80. The molecule has 2 amide bonds. The smallest absolute Gasteiger partial charge is 0.287 e. The first-order valence-corrected chi connectivity index (χ1v) is 9.50. The second kappa shape index (κ2) is 8.25. The highest BCUT2D eigenvalue weighted by atomic mass is 16.2. The molecular weight excluding hydrogens is 352 g/mol. The molecule has 0 atom stereocenters. The number of anilines is 1. The first-order chi connectivity index (χ1) is 13.4. The highest BCUT2D eigenvalue weighted by Crippen LogP contribution is 2.18. The van der Waals surface area contributed by atoms with Crippen molar-refractivity contribution in [3.05, 3.63) is 65.2 Å². The van der Waals surface area contributed by atoms with Crippen LogP contribution in [0.4, 0.5) is 5.69 Å². The summed E-state index contributed by atoms with van der Waals surface area (Å²) in [4.78, 5) is 29.8. The van der Waals surface area contributed by atoms with Crippen molar-refractivity contribution >= 4 is 23.0 Å². The number of nitrogens with one attached hydrogen (secondary N) is 2. The molecule has 1 aromatic carbocycles. The number of aryl methyl sites for hydroxylation is 2. The molecule has 2 heterocycles. The van der Waals surface area contributed by atoms with Gasteiger partial charge in [0.2, 0.25) is 5.82 Å². The molecule has 146 valence electrons. The second-order valence-corrected chi connectivity index (χ2v) is 7.43. The maximum absolute atomic E-state index is 12.8. The first-order valence-electron chi connectivity index (χ1n) is 9.50. The number of hydrogen-bond donors (Lipinski definition) is 2. The molecule has 0 unspecified atom stereocenters. The Hall–Kier alpha value is -3.15. The number of fused-ring (bicyclic) bond motifs is 1. The van der Waals surface area contributed by atoms with Crippen molar-refractivity contribution < 1.29 is 9.59 Å². The maximum Gasteiger partial charge on any atom is 0.287 e. The molecule has 0 saturated heterocycles. The van der Waals surface area contributed by atoms with Gasteiger partial charge in [-0.2, -0.15) is 0 Å². The highest BCUT2D eigenvalue weighted by Gasteiger charge is 2.21. The third kappa shape index (κ3) is 4.22. The molecular formula is C22H26N4O2. The average Bonchev–Trinajstić information content (AvgIpc) is 3.04. The van der Waals surface area contributed by atoms with E-state index < -0.39 is 0 Å². The number of rotatable bonds is 6. The number of pyridine rings is 1. The molecule has 6 heteroatoms. The van der Waals surface area contributed by atoms with Crippen LogP contribution < -0.4 is 10.6 Å². The Labute approximate surface area is 165 Å². The zero-order chi connectivity index (χ0) is 20.3. The zero-order valence-corrected chi connectivity index (χ0v) is 16.7. The lowest BCUT2D eigenvalue weighted by Gasteiger charge is -2.06. The minimum atomic E-state index is -0.340. The summed E-state index contributed by atoms with van der Waals surface area (Å²) in [5, 5.41) is 5.77. The van der Waals surface area contributed by atoms with Gasteiger partial charge < -0.3 is 10.6 Å². The van der Waals surface area contributed by atoms with Gasteiger partial charge in [-0.1, -0.05) is 26.0 Å². The fourth-order valence-corrected chi connectivity index (χ4v) is 2.93. The van der Waals surface area contributed by atoms with E-state index in [2.05, 4.69) is 29.5 Å². The van der Waals surface area contributed by atoms with Crippen molar-refractivity contribution in [1.29, 1.82) is 0 Å². The van der Waals surface area contributed by atoms with E-state index >= 15 is 0 Å². The van der Waals surface area contributed by atoms with Gasteiger partial charge in [-0.3, -0.25) is 14.0 Å². The van der Waals surface area contributed by atoms with Crippen LogP contribution in [0, 0.1) is 19.8 Å². The standard InChI is InChI=1S/C22H26N4O2/c1-14(2)10-11-23-22(28)20-25-19(18-7-5-6-12-26(18)20)21(27)24-17-9-8-15(3)16(4)13-17/h5-9,12-14H,10-11H2,1-4H3,(H,23,28)(H,24,27). The van der Waals surface area contributed by atoms with Gasteiger partial charge in [0.15, 0.2) is 5.69 Å². The Morgan fingerprint density at radius 2 is 1.86 bits per heavy atom.